The second kappa shape index (κ2) is 4.14. The van der Waals surface area contributed by atoms with E-state index in [1.807, 2.05) is 0 Å². The topological polar surface area (TPSA) is 63.3 Å². The summed E-state index contributed by atoms with van der Waals surface area (Å²) in [5.41, 5.74) is 0.795. The lowest BCUT2D eigenvalue weighted by Crippen LogP contribution is -1.99. The molecular weight excluding hydrogens is 213 g/mol. The fourth-order valence-corrected chi connectivity index (χ4v) is 1.30. The van der Waals surface area contributed by atoms with E-state index >= 15 is 0 Å². The van der Waals surface area contributed by atoms with Crippen molar-refractivity contribution < 1.29 is 18.7 Å². The Labute approximate surface area is 90.4 Å². The molecule has 0 unspecified atom stereocenters. The smallest absolute Gasteiger partial charge is 0.309 e. The summed E-state index contributed by atoms with van der Waals surface area (Å²) in [6, 6.07) is 5.76. The van der Waals surface area contributed by atoms with Gasteiger partial charge in [0.15, 0.2) is 0 Å². The average molecular weight is 221 g/mol. The van der Waals surface area contributed by atoms with Gasteiger partial charge in [0.2, 0.25) is 5.89 Å². The molecule has 0 spiro atoms. The van der Waals surface area contributed by atoms with Crippen LogP contribution in [0, 0.1) is 5.82 Å². The first kappa shape index (κ1) is 10.4. The molecule has 16 heavy (non-hydrogen) atoms. The third-order valence-electron chi connectivity index (χ3n) is 1.96. The van der Waals surface area contributed by atoms with Crippen LogP contribution in [0.25, 0.3) is 11.5 Å². The van der Waals surface area contributed by atoms with Crippen LogP contribution in [0.5, 0.6) is 0 Å². The Morgan fingerprint density at radius 2 is 2.31 bits per heavy atom. The predicted molar refractivity (Wildman–Crippen MR) is 53.2 cm³/mol. The SMILES string of the molecule is O=C(O)Cc1coc(-c2cccc(F)c2)n1. The third kappa shape index (κ3) is 2.25. The molecule has 0 saturated carbocycles. The summed E-state index contributed by atoms with van der Waals surface area (Å²) in [4.78, 5) is 14.4. The van der Waals surface area contributed by atoms with Gasteiger partial charge in [-0.1, -0.05) is 6.07 Å². The largest absolute Gasteiger partial charge is 0.481 e. The van der Waals surface area contributed by atoms with Gasteiger partial charge in [-0.25, -0.2) is 9.37 Å². The quantitative estimate of drug-likeness (QED) is 0.862. The summed E-state index contributed by atoms with van der Waals surface area (Å²) in [6.07, 6.45) is 1.05. The Bertz CT molecular complexity index is 521. The number of benzene rings is 1. The highest BCUT2D eigenvalue weighted by molar-refractivity contribution is 5.69. The number of hydrogen-bond donors (Lipinski definition) is 1. The van der Waals surface area contributed by atoms with Crippen LogP contribution in [0.4, 0.5) is 4.39 Å². The van der Waals surface area contributed by atoms with Crippen LogP contribution >= 0.6 is 0 Å². The van der Waals surface area contributed by atoms with Crippen LogP contribution in [0.15, 0.2) is 34.9 Å². The van der Waals surface area contributed by atoms with Gasteiger partial charge in [0.1, 0.15) is 12.1 Å². The van der Waals surface area contributed by atoms with Crippen molar-refractivity contribution in [3.63, 3.8) is 0 Å². The van der Waals surface area contributed by atoms with E-state index in [2.05, 4.69) is 4.98 Å². The monoisotopic (exact) mass is 221 g/mol. The molecule has 0 saturated heterocycles. The standard InChI is InChI=1S/C11H8FNO3/c12-8-3-1-2-7(4-8)11-13-9(6-16-11)5-10(14)15/h1-4,6H,5H2,(H,14,15). The van der Waals surface area contributed by atoms with E-state index < -0.39 is 11.8 Å². The molecule has 1 N–H and O–H groups in total. The fourth-order valence-electron chi connectivity index (χ4n) is 1.30. The van der Waals surface area contributed by atoms with Gasteiger partial charge in [-0.15, -0.1) is 0 Å². The Morgan fingerprint density at radius 3 is 3.00 bits per heavy atom. The zero-order chi connectivity index (χ0) is 11.5. The molecule has 2 aromatic rings. The lowest BCUT2D eigenvalue weighted by atomic mass is 10.2. The number of carbonyl (C=O) groups is 1. The Hall–Kier alpha value is -2.17. The van der Waals surface area contributed by atoms with Gasteiger partial charge in [-0.3, -0.25) is 4.79 Å². The molecule has 2 rings (SSSR count). The molecule has 0 bridgehead atoms. The second-order valence-electron chi connectivity index (χ2n) is 3.22. The van der Waals surface area contributed by atoms with Gasteiger partial charge >= 0.3 is 5.97 Å². The second-order valence-corrected chi connectivity index (χ2v) is 3.22. The third-order valence-corrected chi connectivity index (χ3v) is 1.96. The lowest BCUT2D eigenvalue weighted by Gasteiger charge is -1.94. The van der Waals surface area contributed by atoms with Crippen LogP contribution in [0.1, 0.15) is 5.69 Å². The first-order valence-corrected chi connectivity index (χ1v) is 4.57. The van der Waals surface area contributed by atoms with Crippen molar-refractivity contribution in [3.8, 4) is 11.5 Å². The van der Waals surface area contributed by atoms with Gasteiger partial charge in [-0.2, -0.15) is 0 Å². The number of carboxylic acid groups (broad SMARTS) is 1. The summed E-state index contributed by atoms with van der Waals surface area (Å²) < 4.78 is 18.0. The number of halogens is 1. The molecule has 1 aromatic carbocycles. The molecule has 0 fully saturated rings. The highest BCUT2D eigenvalue weighted by atomic mass is 19.1. The molecule has 82 valence electrons. The maximum Gasteiger partial charge on any atom is 0.309 e. The lowest BCUT2D eigenvalue weighted by molar-refractivity contribution is -0.136. The first-order valence-electron chi connectivity index (χ1n) is 4.57. The Balaban J connectivity index is 2.28. The molecular formula is C11H8FNO3. The average Bonchev–Trinajstić information content (AvgIpc) is 2.65. The molecule has 0 radical (unpaired) electrons. The first-order chi connectivity index (χ1) is 7.65. The van der Waals surface area contributed by atoms with Crippen molar-refractivity contribution in [1.29, 1.82) is 0 Å². The Kier molecular flexibility index (Phi) is 2.68. The number of rotatable bonds is 3. The number of carboxylic acids is 1. The van der Waals surface area contributed by atoms with Crippen LogP contribution in [0.2, 0.25) is 0 Å². The van der Waals surface area contributed by atoms with Gasteiger partial charge < -0.3 is 9.52 Å². The zero-order valence-electron chi connectivity index (χ0n) is 8.18. The number of hydrogen-bond acceptors (Lipinski definition) is 3. The molecule has 1 heterocycles. The summed E-state index contributed by atoms with van der Waals surface area (Å²) in [5.74, 6) is -1.16. The van der Waals surface area contributed by atoms with E-state index in [1.165, 1.54) is 24.5 Å². The van der Waals surface area contributed by atoms with Crippen molar-refractivity contribution in [3.05, 3.63) is 42.0 Å². The van der Waals surface area contributed by atoms with Gasteiger partial charge in [-0.05, 0) is 18.2 Å². The molecule has 0 aliphatic carbocycles. The van der Waals surface area contributed by atoms with Crippen molar-refractivity contribution in [2.75, 3.05) is 0 Å². The van der Waals surface area contributed by atoms with E-state index in [-0.39, 0.29) is 12.3 Å². The maximum absolute atomic E-state index is 12.9. The van der Waals surface area contributed by atoms with Crippen molar-refractivity contribution in [2.24, 2.45) is 0 Å². The molecule has 0 aliphatic rings. The molecule has 4 nitrogen and oxygen atoms in total. The van der Waals surface area contributed by atoms with Gasteiger partial charge in [0.25, 0.3) is 0 Å². The van der Waals surface area contributed by atoms with E-state index in [4.69, 9.17) is 9.52 Å². The minimum atomic E-state index is -0.987. The molecule has 5 heteroatoms. The zero-order valence-corrected chi connectivity index (χ0v) is 8.18. The van der Waals surface area contributed by atoms with E-state index in [1.54, 1.807) is 6.07 Å². The van der Waals surface area contributed by atoms with Crippen LogP contribution in [0.3, 0.4) is 0 Å². The predicted octanol–water partition coefficient (Wildman–Crippen LogP) is 2.11. The highest BCUT2D eigenvalue weighted by Gasteiger charge is 2.09. The maximum atomic E-state index is 12.9. The summed E-state index contributed by atoms with van der Waals surface area (Å²) >= 11 is 0. The number of aliphatic carboxylic acids is 1. The Morgan fingerprint density at radius 1 is 1.50 bits per heavy atom. The van der Waals surface area contributed by atoms with Crippen LogP contribution in [-0.4, -0.2) is 16.1 Å². The van der Waals surface area contributed by atoms with Crippen LogP contribution < -0.4 is 0 Å². The van der Waals surface area contributed by atoms with Crippen molar-refractivity contribution >= 4 is 5.97 Å². The van der Waals surface area contributed by atoms with Gasteiger partial charge in [0.05, 0.1) is 12.1 Å². The summed E-state index contributed by atoms with van der Waals surface area (Å²) in [5, 5.41) is 8.55. The van der Waals surface area contributed by atoms with Gasteiger partial charge in [0, 0.05) is 5.56 Å². The number of oxazole rings is 1. The minimum Gasteiger partial charge on any atom is -0.481 e. The highest BCUT2D eigenvalue weighted by Crippen LogP contribution is 2.19. The van der Waals surface area contributed by atoms with E-state index in [0.717, 1.165) is 0 Å². The summed E-state index contributed by atoms with van der Waals surface area (Å²) in [6.45, 7) is 0. The minimum absolute atomic E-state index is 0.210. The normalized spacial score (nSPS) is 10.3. The molecule has 0 aliphatic heterocycles. The molecule has 0 atom stereocenters. The van der Waals surface area contributed by atoms with Crippen LogP contribution in [-0.2, 0) is 11.2 Å². The number of nitrogens with zero attached hydrogens (tertiary/aromatic N) is 1. The van der Waals surface area contributed by atoms with Crippen molar-refractivity contribution in [1.82, 2.24) is 4.98 Å². The van der Waals surface area contributed by atoms with E-state index in [9.17, 15) is 9.18 Å². The fraction of sp³-hybridized carbons (Fsp3) is 0.0909. The van der Waals surface area contributed by atoms with E-state index in [0.29, 0.717) is 11.3 Å². The molecule has 0 amide bonds. The summed E-state index contributed by atoms with van der Waals surface area (Å²) in [7, 11) is 0. The molecule has 1 aromatic heterocycles. The van der Waals surface area contributed by atoms with Crippen molar-refractivity contribution in [2.45, 2.75) is 6.42 Å². The number of aromatic nitrogens is 1.